The van der Waals surface area contributed by atoms with Crippen molar-refractivity contribution in [3.8, 4) is 11.8 Å². The van der Waals surface area contributed by atoms with Gasteiger partial charge in [-0.3, -0.25) is 4.98 Å². The topological polar surface area (TPSA) is 77.1 Å². The van der Waals surface area contributed by atoms with Gasteiger partial charge in [-0.15, -0.1) is 0 Å². The van der Waals surface area contributed by atoms with Gasteiger partial charge in [0.05, 0.1) is 18.4 Å². The van der Waals surface area contributed by atoms with Crippen LogP contribution in [0.3, 0.4) is 0 Å². The van der Waals surface area contributed by atoms with E-state index in [0.29, 0.717) is 24.8 Å². The lowest BCUT2D eigenvalue weighted by molar-refractivity contribution is -0.137. The molecule has 0 amide bonds. The molecule has 2 aromatic rings. The van der Waals surface area contributed by atoms with Crippen LogP contribution in [-0.2, 0) is 6.18 Å². The predicted octanol–water partition coefficient (Wildman–Crippen LogP) is 3.63. The van der Waals surface area contributed by atoms with E-state index in [1.807, 2.05) is 6.08 Å². The van der Waals surface area contributed by atoms with Crippen molar-refractivity contribution in [1.29, 1.82) is 0 Å². The largest absolute Gasteiger partial charge is 0.477 e. The Balaban J connectivity index is 1.47. The normalized spacial score (nSPS) is 16.6. The maximum Gasteiger partial charge on any atom is 0.417 e. The van der Waals surface area contributed by atoms with Crippen molar-refractivity contribution in [1.82, 2.24) is 15.0 Å². The molecule has 1 unspecified atom stereocenters. The molecule has 0 spiro atoms. The highest BCUT2D eigenvalue weighted by atomic mass is 19.4. The molecule has 0 fully saturated rings. The Morgan fingerprint density at radius 3 is 2.68 bits per heavy atom. The molecule has 1 aliphatic rings. The quantitative estimate of drug-likeness (QED) is 0.754. The number of allylic oxidation sites excluding steroid dienone is 3. The minimum Gasteiger partial charge on any atom is -0.477 e. The van der Waals surface area contributed by atoms with E-state index in [2.05, 4.69) is 15.0 Å². The summed E-state index contributed by atoms with van der Waals surface area (Å²) in [6.45, 7) is 0.177. The van der Waals surface area contributed by atoms with Crippen LogP contribution < -0.4 is 15.2 Å². The number of nitrogens with zero attached hydrogens (tertiary/aromatic N) is 2. The van der Waals surface area contributed by atoms with Crippen LogP contribution in [0.25, 0.3) is 0 Å². The molecular weight excluding hydrogens is 382 g/mol. The number of H-pyrrole nitrogens is 1. The van der Waals surface area contributed by atoms with E-state index >= 15 is 0 Å². The van der Waals surface area contributed by atoms with E-state index < -0.39 is 23.2 Å². The Morgan fingerprint density at radius 2 is 2.04 bits per heavy atom. The summed E-state index contributed by atoms with van der Waals surface area (Å²) in [6.07, 6.45) is 3.53. The number of pyridine rings is 1. The van der Waals surface area contributed by atoms with Crippen LogP contribution in [0.2, 0.25) is 0 Å². The number of halogens is 4. The number of ether oxygens (including phenoxy) is 2. The van der Waals surface area contributed by atoms with Crippen LogP contribution in [0.5, 0.6) is 11.8 Å². The van der Waals surface area contributed by atoms with Gasteiger partial charge in [-0.25, -0.2) is 9.78 Å². The van der Waals surface area contributed by atoms with Crippen LogP contribution >= 0.6 is 0 Å². The third-order valence-corrected chi connectivity index (χ3v) is 3.91. The number of hydrogen-bond acceptors (Lipinski definition) is 5. The molecule has 0 bridgehead atoms. The van der Waals surface area contributed by atoms with Gasteiger partial charge in [0.25, 0.3) is 0 Å². The summed E-state index contributed by atoms with van der Waals surface area (Å²) in [5.74, 6) is -0.382. The van der Waals surface area contributed by atoms with E-state index in [0.717, 1.165) is 18.3 Å². The first-order valence-electron chi connectivity index (χ1n) is 8.28. The van der Waals surface area contributed by atoms with Crippen molar-refractivity contribution in [3.05, 3.63) is 70.4 Å². The highest BCUT2D eigenvalue weighted by Crippen LogP contribution is 2.29. The summed E-state index contributed by atoms with van der Waals surface area (Å²) in [5.41, 5.74) is -1.55. The van der Waals surface area contributed by atoms with Crippen LogP contribution in [0.15, 0.2) is 53.3 Å². The van der Waals surface area contributed by atoms with Gasteiger partial charge in [-0.2, -0.15) is 22.5 Å². The van der Waals surface area contributed by atoms with Gasteiger partial charge in [0, 0.05) is 12.3 Å². The van der Waals surface area contributed by atoms with E-state index in [1.54, 1.807) is 12.2 Å². The summed E-state index contributed by atoms with van der Waals surface area (Å²) in [5, 5.41) is 0. The van der Waals surface area contributed by atoms with Crippen molar-refractivity contribution in [2.45, 2.75) is 19.0 Å². The first-order chi connectivity index (χ1) is 13.3. The van der Waals surface area contributed by atoms with Gasteiger partial charge in [0.2, 0.25) is 17.6 Å². The molecule has 1 aliphatic carbocycles. The molecular formula is C18H15F4N3O3. The fourth-order valence-electron chi connectivity index (χ4n) is 2.44. The molecule has 0 aliphatic heterocycles. The zero-order valence-corrected chi connectivity index (χ0v) is 14.4. The summed E-state index contributed by atoms with van der Waals surface area (Å²) >= 11 is 0. The Bertz CT molecular complexity index is 936. The van der Waals surface area contributed by atoms with Crippen LogP contribution in [-0.4, -0.2) is 21.6 Å². The summed E-state index contributed by atoms with van der Waals surface area (Å²) in [7, 11) is 0. The highest BCUT2D eigenvalue weighted by molar-refractivity contribution is 5.26. The van der Waals surface area contributed by atoms with Crippen molar-refractivity contribution >= 4 is 0 Å². The molecule has 0 radical (unpaired) electrons. The SMILES string of the molecule is O=c1ncc(F)c(OCCC2C=CC(Oc3ccc(C(F)(F)F)cn3)=CC2)[nH]1. The molecule has 0 saturated carbocycles. The number of aromatic amines is 1. The predicted molar refractivity (Wildman–Crippen MR) is 90.1 cm³/mol. The van der Waals surface area contributed by atoms with E-state index in [1.165, 1.54) is 0 Å². The number of nitrogens with one attached hydrogen (secondary N) is 1. The highest BCUT2D eigenvalue weighted by Gasteiger charge is 2.30. The molecule has 148 valence electrons. The molecule has 0 aromatic carbocycles. The number of hydrogen-bond donors (Lipinski definition) is 1. The lowest BCUT2D eigenvalue weighted by atomic mass is 9.97. The molecule has 10 heteroatoms. The molecule has 2 aromatic heterocycles. The minimum absolute atomic E-state index is 0.0581. The third kappa shape index (κ3) is 5.18. The average molecular weight is 397 g/mol. The number of rotatable bonds is 6. The zero-order chi connectivity index (χ0) is 20.1. The Morgan fingerprint density at radius 1 is 1.21 bits per heavy atom. The van der Waals surface area contributed by atoms with Crippen LogP contribution in [0, 0.1) is 11.7 Å². The standard InChI is InChI=1S/C18H15F4N3O3/c19-14-10-24-17(26)25-16(14)27-8-7-11-1-4-13(5-2-11)28-15-6-3-12(9-23-15)18(20,21)22/h1,3-6,9-11H,2,7-8H2,(H,24,25,26). The van der Waals surface area contributed by atoms with Gasteiger partial charge >= 0.3 is 11.9 Å². The molecule has 6 nitrogen and oxygen atoms in total. The zero-order valence-electron chi connectivity index (χ0n) is 14.4. The van der Waals surface area contributed by atoms with Gasteiger partial charge in [-0.1, -0.05) is 6.08 Å². The van der Waals surface area contributed by atoms with Gasteiger partial charge in [0.15, 0.2) is 0 Å². The summed E-state index contributed by atoms with van der Waals surface area (Å²) in [4.78, 5) is 20.1. The first kappa shape index (κ1) is 19.6. The smallest absolute Gasteiger partial charge is 0.417 e. The van der Waals surface area contributed by atoms with Crippen LogP contribution in [0.4, 0.5) is 17.6 Å². The summed E-state index contributed by atoms with van der Waals surface area (Å²) < 4.78 is 61.6. The van der Waals surface area contributed by atoms with Crippen molar-refractivity contribution < 1.29 is 27.0 Å². The van der Waals surface area contributed by atoms with E-state index in [4.69, 9.17) is 9.47 Å². The van der Waals surface area contributed by atoms with Gasteiger partial charge < -0.3 is 9.47 Å². The summed E-state index contributed by atoms with van der Waals surface area (Å²) in [6, 6.07) is 2.06. The van der Waals surface area contributed by atoms with E-state index in [9.17, 15) is 22.4 Å². The molecule has 1 N–H and O–H groups in total. The first-order valence-corrected chi connectivity index (χ1v) is 8.28. The van der Waals surface area contributed by atoms with Crippen molar-refractivity contribution in [2.75, 3.05) is 6.61 Å². The van der Waals surface area contributed by atoms with Gasteiger partial charge in [0.1, 0.15) is 5.76 Å². The Labute approximate surface area is 156 Å². The lowest BCUT2D eigenvalue weighted by Crippen LogP contribution is -2.15. The maximum atomic E-state index is 13.4. The van der Waals surface area contributed by atoms with Crippen molar-refractivity contribution in [2.24, 2.45) is 5.92 Å². The van der Waals surface area contributed by atoms with Crippen LogP contribution in [0.1, 0.15) is 18.4 Å². The maximum absolute atomic E-state index is 13.4. The van der Waals surface area contributed by atoms with Crippen molar-refractivity contribution in [3.63, 3.8) is 0 Å². The molecule has 3 rings (SSSR count). The molecule has 28 heavy (non-hydrogen) atoms. The second-order valence-corrected chi connectivity index (χ2v) is 5.95. The molecule has 2 heterocycles. The fraction of sp³-hybridized carbons (Fsp3) is 0.278. The second kappa shape index (κ2) is 8.24. The molecule has 0 saturated heterocycles. The monoisotopic (exact) mass is 397 g/mol. The Kier molecular flexibility index (Phi) is 5.76. The average Bonchev–Trinajstić information content (AvgIpc) is 2.66. The Hall–Kier alpha value is -3.17. The lowest BCUT2D eigenvalue weighted by Gasteiger charge is -2.16. The number of alkyl halides is 3. The minimum atomic E-state index is -4.45. The fourth-order valence-corrected chi connectivity index (χ4v) is 2.44. The molecule has 1 atom stereocenters. The van der Waals surface area contributed by atoms with Gasteiger partial charge in [-0.05, 0) is 37.0 Å². The third-order valence-electron chi connectivity index (χ3n) is 3.91. The number of aromatic nitrogens is 3. The second-order valence-electron chi connectivity index (χ2n) is 5.95. The van der Waals surface area contributed by atoms with E-state index in [-0.39, 0.29) is 24.3 Å².